The summed E-state index contributed by atoms with van der Waals surface area (Å²) in [5.41, 5.74) is 11.3. The number of rotatable bonds is 1. The van der Waals surface area contributed by atoms with E-state index in [1.54, 1.807) is 0 Å². The lowest BCUT2D eigenvalue weighted by Gasteiger charge is -2.32. The zero-order chi connectivity index (χ0) is 7.61. The number of hydrogen-bond donors (Lipinski definition) is 2. The van der Waals surface area contributed by atoms with Crippen LogP contribution in [-0.4, -0.2) is 6.17 Å². The van der Waals surface area contributed by atoms with Crippen molar-refractivity contribution >= 4 is 0 Å². The van der Waals surface area contributed by atoms with E-state index in [1.807, 2.05) is 0 Å². The molecule has 1 aliphatic rings. The molecule has 0 saturated heterocycles. The molecular formula is C8H16N2. The quantitative estimate of drug-likeness (QED) is 0.421. The van der Waals surface area contributed by atoms with E-state index in [9.17, 15) is 0 Å². The van der Waals surface area contributed by atoms with Crippen LogP contribution in [0.25, 0.3) is 0 Å². The van der Waals surface area contributed by atoms with Crippen LogP contribution in [0.2, 0.25) is 0 Å². The molecule has 0 aromatic heterocycles. The predicted octanol–water partition coefficient (Wildman–Crippen LogP) is 0.976. The first kappa shape index (κ1) is 7.76. The Morgan fingerprint density at radius 2 is 2.20 bits per heavy atom. The lowest BCUT2D eigenvalue weighted by atomic mass is 9.79. The van der Waals surface area contributed by atoms with Crippen molar-refractivity contribution in [2.45, 2.75) is 32.4 Å². The molecule has 2 nitrogen and oxygen atoms in total. The summed E-state index contributed by atoms with van der Waals surface area (Å²) < 4.78 is 0. The fraction of sp³-hybridized carbons (Fsp3) is 0.750. The van der Waals surface area contributed by atoms with Crippen LogP contribution in [-0.2, 0) is 0 Å². The summed E-state index contributed by atoms with van der Waals surface area (Å²) >= 11 is 0. The van der Waals surface area contributed by atoms with E-state index < -0.39 is 0 Å². The maximum Gasteiger partial charge on any atom is 0.0611 e. The van der Waals surface area contributed by atoms with E-state index in [0.29, 0.717) is 0 Å². The summed E-state index contributed by atoms with van der Waals surface area (Å²) in [4.78, 5) is 0. The number of hydrogen-bond acceptors (Lipinski definition) is 2. The molecule has 0 heterocycles. The molecule has 10 heavy (non-hydrogen) atoms. The largest absolute Gasteiger partial charge is 0.315 e. The standard InChI is InChI=1S/C8H16N2/c1-8(7(9)10)5-3-2-4-6-8/h3,5,7H,2,4,6,9-10H2,1H3. The maximum atomic E-state index is 5.63. The molecule has 0 saturated carbocycles. The van der Waals surface area contributed by atoms with Gasteiger partial charge in [-0.25, -0.2) is 0 Å². The van der Waals surface area contributed by atoms with Crippen LogP contribution >= 0.6 is 0 Å². The van der Waals surface area contributed by atoms with Crippen LogP contribution in [0.15, 0.2) is 12.2 Å². The predicted molar refractivity (Wildman–Crippen MR) is 43.3 cm³/mol. The van der Waals surface area contributed by atoms with E-state index in [1.165, 1.54) is 12.8 Å². The van der Waals surface area contributed by atoms with Crippen LogP contribution in [0.5, 0.6) is 0 Å². The van der Waals surface area contributed by atoms with Crippen molar-refractivity contribution in [3.8, 4) is 0 Å². The van der Waals surface area contributed by atoms with Crippen molar-refractivity contribution in [2.75, 3.05) is 0 Å². The van der Waals surface area contributed by atoms with Crippen LogP contribution in [0.1, 0.15) is 26.2 Å². The van der Waals surface area contributed by atoms with Gasteiger partial charge in [0.15, 0.2) is 0 Å². The molecule has 0 aromatic carbocycles. The third-order valence-corrected chi connectivity index (χ3v) is 2.35. The molecule has 1 atom stereocenters. The fourth-order valence-electron chi connectivity index (χ4n) is 1.31. The number of allylic oxidation sites excluding steroid dienone is 1. The van der Waals surface area contributed by atoms with E-state index in [0.717, 1.165) is 6.42 Å². The zero-order valence-electron chi connectivity index (χ0n) is 6.51. The lowest BCUT2D eigenvalue weighted by molar-refractivity contribution is 0.297. The fourth-order valence-corrected chi connectivity index (χ4v) is 1.31. The van der Waals surface area contributed by atoms with Crippen molar-refractivity contribution in [3.05, 3.63) is 12.2 Å². The Kier molecular flexibility index (Phi) is 2.11. The molecular weight excluding hydrogens is 124 g/mol. The van der Waals surface area contributed by atoms with Crippen molar-refractivity contribution < 1.29 is 0 Å². The molecule has 2 heteroatoms. The summed E-state index contributed by atoms with van der Waals surface area (Å²) in [5, 5.41) is 0. The number of nitrogens with two attached hydrogens (primary N) is 2. The lowest BCUT2D eigenvalue weighted by Crippen LogP contribution is -2.46. The summed E-state index contributed by atoms with van der Waals surface area (Å²) in [6.07, 6.45) is 7.66. The highest BCUT2D eigenvalue weighted by Gasteiger charge is 2.27. The van der Waals surface area contributed by atoms with Gasteiger partial charge in [0, 0.05) is 5.41 Å². The summed E-state index contributed by atoms with van der Waals surface area (Å²) in [6, 6.07) is 0. The van der Waals surface area contributed by atoms with Crippen LogP contribution < -0.4 is 11.5 Å². The highest BCUT2D eigenvalue weighted by atomic mass is 14.9. The van der Waals surface area contributed by atoms with E-state index in [2.05, 4.69) is 19.1 Å². The minimum Gasteiger partial charge on any atom is -0.315 e. The molecule has 0 fully saturated rings. The first-order chi connectivity index (χ1) is 4.65. The summed E-state index contributed by atoms with van der Waals surface area (Å²) in [7, 11) is 0. The molecule has 4 N–H and O–H groups in total. The van der Waals surface area contributed by atoms with Gasteiger partial charge in [-0.2, -0.15) is 0 Å². The second-order valence-electron chi connectivity index (χ2n) is 3.33. The molecule has 0 radical (unpaired) electrons. The SMILES string of the molecule is CC1(C(N)N)C=CCCC1. The van der Waals surface area contributed by atoms with Crippen molar-refractivity contribution in [3.63, 3.8) is 0 Å². The third kappa shape index (κ3) is 1.39. The Morgan fingerprint density at radius 3 is 2.50 bits per heavy atom. The van der Waals surface area contributed by atoms with Gasteiger partial charge in [0.25, 0.3) is 0 Å². The third-order valence-electron chi connectivity index (χ3n) is 2.35. The van der Waals surface area contributed by atoms with Gasteiger partial charge in [0.2, 0.25) is 0 Å². The first-order valence-electron chi connectivity index (χ1n) is 3.84. The van der Waals surface area contributed by atoms with Gasteiger partial charge in [-0.3, -0.25) is 0 Å². The molecule has 0 spiro atoms. The Hall–Kier alpha value is -0.340. The highest BCUT2D eigenvalue weighted by Crippen LogP contribution is 2.30. The van der Waals surface area contributed by atoms with Gasteiger partial charge < -0.3 is 11.5 Å². The summed E-state index contributed by atoms with van der Waals surface area (Å²) in [5.74, 6) is 0. The molecule has 0 bridgehead atoms. The summed E-state index contributed by atoms with van der Waals surface area (Å²) in [6.45, 7) is 2.12. The van der Waals surface area contributed by atoms with Gasteiger partial charge in [-0.1, -0.05) is 19.1 Å². The zero-order valence-corrected chi connectivity index (χ0v) is 6.51. The topological polar surface area (TPSA) is 52.0 Å². The minimum absolute atomic E-state index is 0.0538. The van der Waals surface area contributed by atoms with E-state index in [-0.39, 0.29) is 11.6 Å². The first-order valence-corrected chi connectivity index (χ1v) is 3.84. The van der Waals surface area contributed by atoms with Crippen LogP contribution in [0.4, 0.5) is 0 Å². The van der Waals surface area contributed by atoms with Gasteiger partial charge in [0.1, 0.15) is 0 Å². The molecule has 1 unspecified atom stereocenters. The van der Waals surface area contributed by atoms with E-state index in [4.69, 9.17) is 11.5 Å². The smallest absolute Gasteiger partial charge is 0.0611 e. The monoisotopic (exact) mass is 140 g/mol. The van der Waals surface area contributed by atoms with Gasteiger partial charge >= 0.3 is 0 Å². The van der Waals surface area contributed by atoms with Gasteiger partial charge in [-0.15, -0.1) is 0 Å². The second kappa shape index (κ2) is 2.72. The Bertz CT molecular complexity index is 140. The van der Waals surface area contributed by atoms with Gasteiger partial charge in [0.05, 0.1) is 6.17 Å². The molecule has 1 aliphatic carbocycles. The van der Waals surface area contributed by atoms with Crippen molar-refractivity contribution in [1.82, 2.24) is 0 Å². The Morgan fingerprint density at radius 1 is 1.50 bits per heavy atom. The maximum absolute atomic E-state index is 5.63. The Labute approximate surface area is 62.3 Å². The normalized spacial score (nSPS) is 33.2. The average Bonchev–Trinajstić information content (AvgIpc) is 1.89. The van der Waals surface area contributed by atoms with Crippen molar-refractivity contribution in [1.29, 1.82) is 0 Å². The minimum atomic E-state index is -0.205. The van der Waals surface area contributed by atoms with Crippen molar-refractivity contribution in [2.24, 2.45) is 16.9 Å². The highest BCUT2D eigenvalue weighted by molar-refractivity contribution is 5.04. The second-order valence-corrected chi connectivity index (χ2v) is 3.33. The average molecular weight is 140 g/mol. The van der Waals surface area contributed by atoms with E-state index >= 15 is 0 Å². The van der Waals surface area contributed by atoms with Gasteiger partial charge in [-0.05, 0) is 19.3 Å². The molecule has 58 valence electrons. The van der Waals surface area contributed by atoms with Crippen LogP contribution in [0, 0.1) is 5.41 Å². The molecule has 1 rings (SSSR count). The van der Waals surface area contributed by atoms with Crippen LogP contribution in [0.3, 0.4) is 0 Å². The molecule has 0 amide bonds. The molecule has 0 aliphatic heterocycles. The Balaban J connectivity index is 2.65. The molecule has 0 aromatic rings.